The Balaban J connectivity index is 2.36. The van der Waals surface area contributed by atoms with Crippen molar-refractivity contribution >= 4 is 38.6 Å². The van der Waals surface area contributed by atoms with Gasteiger partial charge >= 0.3 is 5.97 Å². The molecular formula is C21H20BrNO5. The summed E-state index contributed by atoms with van der Waals surface area (Å²) in [5, 5.41) is 0.704. The zero-order valence-corrected chi connectivity index (χ0v) is 17.6. The van der Waals surface area contributed by atoms with Crippen LogP contribution < -0.4 is 9.47 Å². The predicted octanol–water partition coefficient (Wildman–Crippen LogP) is 4.67. The normalized spacial score (nSPS) is 10.8. The first kappa shape index (κ1) is 19.9. The average Bonchev–Trinajstić information content (AvgIpc) is 3.03. The molecule has 0 fully saturated rings. The van der Waals surface area contributed by atoms with Crippen molar-refractivity contribution in [3.8, 4) is 22.6 Å². The van der Waals surface area contributed by atoms with Gasteiger partial charge in [0.25, 0.3) is 5.78 Å². The lowest BCUT2D eigenvalue weighted by Gasteiger charge is -2.13. The molecule has 146 valence electrons. The molecule has 7 heteroatoms. The number of hydrogen-bond acceptors (Lipinski definition) is 5. The van der Waals surface area contributed by atoms with E-state index in [0.29, 0.717) is 16.7 Å². The molecule has 0 saturated heterocycles. The van der Waals surface area contributed by atoms with Gasteiger partial charge in [-0.2, -0.15) is 0 Å². The number of aromatic nitrogens is 1. The van der Waals surface area contributed by atoms with Crippen LogP contribution in [-0.4, -0.2) is 37.6 Å². The molecule has 0 amide bonds. The van der Waals surface area contributed by atoms with E-state index in [9.17, 15) is 9.59 Å². The number of rotatable bonds is 6. The zero-order valence-electron chi connectivity index (χ0n) is 16.0. The molecule has 28 heavy (non-hydrogen) atoms. The van der Waals surface area contributed by atoms with Crippen LogP contribution in [-0.2, 0) is 9.53 Å². The van der Waals surface area contributed by atoms with Crippen molar-refractivity contribution in [1.82, 2.24) is 4.98 Å². The lowest BCUT2D eigenvalue weighted by Crippen LogP contribution is -2.19. The van der Waals surface area contributed by atoms with E-state index < -0.39 is 11.8 Å². The molecule has 0 bridgehead atoms. The van der Waals surface area contributed by atoms with Crippen LogP contribution in [0, 0.1) is 6.92 Å². The molecule has 0 radical (unpaired) electrons. The van der Waals surface area contributed by atoms with Gasteiger partial charge in [-0.25, -0.2) is 4.79 Å². The lowest BCUT2D eigenvalue weighted by atomic mass is 9.98. The first-order valence-corrected chi connectivity index (χ1v) is 9.46. The van der Waals surface area contributed by atoms with Crippen LogP contribution in [0.2, 0.25) is 0 Å². The highest BCUT2D eigenvalue weighted by Gasteiger charge is 2.29. The highest BCUT2D eigenvalue weighted by Crippen LogP contribution is 2.43. The van der Waals surface area contributed by atoms with Crippen molar-refractivity contribution in [2.24, 2.45) is 0 Å². The monoisotopic (exact) mass is 445 g/mol. The second-order valence-electron chi connectivity index (χ2n) is 6.09. The van der Waals surface area contributed by atoms with Crippen molar-refractivity contribution < 1.29 is 23.8 Å². The summed E-state index contributed by atoms with van der Waals surface area (Å²) in [6.45, 7) is 3.67. The van der Waals surface area contributed by atoms with E-state index in [2.05, 4.69) is 20.9 Å². The number of Topliss-reactive ketones (excluding diaryl/α,β-unsaturated/α-hetero) is 1. The van der Waals surface area contributed by atoms with E-state index >= 15 is 0 Å². The van der Waals surface area contributed by atoms with Crippen LogP contribution in [0.1, 0.15) is 23.0 Å². The van der Waals surface area contributed by atoms with Crippen LogP contribution in [0.15, 0.2) is 34.8 Å². The second-order valence-corrected chi connectivity index (χ2v) is 7.00. The summed E-state index contributed by atoms with van der Waals surface area (Å²) in [6, 6.07) is 9.43. The second kappa shape index (κ2) is 8.06. The molecule has 3 rings (SSSR count). The molecule has 0 saturated carbocycles. The van der Waals surface area contributed by atoms with Crippen LogP contribution >= 0.6 is 15.9 Å². The summed E-state index contributed by atoms with van der Waals surface area (Å²) in [7, 11) is 2.99. The minimum Gasteiger partial charge on any atom is -0.496 e. The van der Waals surface area contributed by atoms with E-state index in [-0.39, 0.29) is 17.9 Å². The van der Waals surface area contributed by atoms with Crippen LogP contribution in [0.4, 0.5) is 0 Å². The Morgan fingerprint density at radius 2 is 1.71 bits per heavy atom. The fraction of sp³-hybridized carbons (Fsp3) is 0.238. The first-order valence-electron chi connectivity index (χ1n) is 8.67. The number of fused-ring (bicyclic) bond motifs is 1. The van der Waals surface area contributed by atoms with Crippen molar-refractivity contribution in [1.29, 1.82) is 0 Å². The summed E-state index contributed by atoms with van der Waals surface area (Å²) >= 11 is 3.44. The topological polar surface area (TPSA) is 77.6 Å². The third-order valence-corrected chi connectivity index (χ3v) is 4.98. The molecule has 0 aliphatic heterocycles. The molecular weight excluding hydrogens is 426 g/mol. The third kappa shape index (κ3) is 3.38. The van der Waals surface area contributed by atoms with Crippen molar-refractivity contribution in [3.63, 3.8) is 0 Å². The van der Waals surface area contributed by atoms with Crippen molar-refractivity contribution in [2.75, 3.05) is 20.8 Å². The van der Waals surface area contributed by atoms with Crippen LogP contribution in [0.3, 0.4) is 0 Å². The number of H-pyrrole nitrogens is 1. The van der Waals surface area contributed by atoms with E-state index in [1.807, 2.05) is 31.2 Å². The quantitative estimate of drug-likeness (QED) is 0.338. The van der Waals surface area contributed by atoms with Crippen molar-refractivity contribution in [3.05, 3.63) is 46.1 Å². The lowest BCUT2D eigenvalue weighted by molar-refractivity contribution is -0.137. The highest BCUT2D eigenvalue weighted by molar-refractivity contribution is 9.10. The molecule has 1 heterocycles. The Kier molecular flexibility index (Phi) is 5.74. The molecule has 2 aromatic carbocycles. The molecule has 3 aromatic rings. The van der Waals surface area contributed by atoms with Gasteiger partial charge in [0.1, 0.15) is 11.5 Å². The van der Waals surface area contributed by atoms with E-state index in [0.717, 1.165) is 21.3 Å². The molecule has 1 aromatic heterocycles. The fourth-order valence-electron chi connectivity index (χ4n) is 3.27. The van der Waals surface area contributed by atoms with Crippen LogP contribution in [0.25, 0.3) is 22.0 Å². The smallest absolute Gasteiger partial charge is 0.379 e. The number of aromatic amines is 1. The van der Waals surface area contributed by atoms with Crippen LogP contribution in [0.5, 0.6) is 11.5 Å². The van der Waals surface area contributed by atoms with Gasteiger partial charge in [-0.15, -0.1) is 0 Å². The Bertz CT molecular complexity index is 1050. The fourth-order valence-corrected chi connectivity index (χ4v) is 3.53. The minimum absolute atomic E-state index is 0.111. The molecule has 0 unspecified atom stereocenters. The van der Waals surface area contributed by atoms with E-state index in [4.69, 9.17) is 14.2 Å². The summed E-state index contributed by atoms with van der Waals surface area (Å²) in [5.74, 6) is -0.916. The maximum absolute atomic E-state index is 12.8. The van der Waals surface area contributed by atoms with Gasteiger partial charge in [0.15, 0.2) is 0 Å². The number of halogens is 1. The number of methoxy groups -OCH3 is 2. The molecule has 0 spiro atoms. The Labute approximate surface area is 170 Å². The molecule has 0 aliphatic carbocycles. The Hall–Kier alpha value is -2.80. The largest absolute Gasteiger partial charge is 0.496 e. The number of esters is 1. The summed E-state index contributed by atoms with van der Waals surface area (Å²) < 4.78 is 16.8. The maximum atomic E-state index is 12.8. The SMILES string of the molecule is CCOC(=O)C(=O)c1c(OC)cc(OC)c2c(-c3ccc(Br)cc3)c(C)[nH]c12. The molecule has 0 atom stereocenters. The number of ketones is 1. The predicted molar refractivity (Wildman–Crippen MR) is 110 cm³/mol. The summed E-state index contributed by atoms with van der Waals surface area (Å²) in [4.78, 5) is 28.2. The van der Waals surface area contributed by atoms with E-state index in [1.54, 1.807) is 20.1 Å². The molecule has 1 N–H and O–H groups in total. The van der Waals surface area contributed by atoms with Gasteiger partial charge in [0, 0.05) is 21.8 Å². The van der Waals surface area contributed by atoms with Gasteiger partial charge in [0.2, 0.25) is 0 Å². The van der Waals surface area contributed by atoms with Gasteiger partial charge < -0.3 is 19.2 Å². The summed E-state index contributed by atoms with van der Waals surface area (Å²) in [6.07, 6.45) is 0. The number of aryl methyl sites for hydroxylation is 1. The number of hydrogen-bond donors (Lipinski definition) is 1. The van der Waals surface area contributed by atoms with Crippen molar-refractivity contribution in [2.45, 2.75) is 13.8 Å². The highest BCUT2D eigenvalue weighted by atomic mass is 79.9. The van der Waals surface area contributed by atoms with Gasteiger partial charge in [-0.3, -0.25) is 4.79 Å². The van der Waals surface area contributed by atoms with E-state index in [1.165, 1.54) is 7.11 Å². The molecule has 6 nitrogen and oxygen atoms in total. The maximum Gasteiger partial charge on any atom is 0.379 e. The number of ether oxygens (including phenoxy) is 3. The Morgan fingerprint density at radius 3 is 2.29 bits per heavy atom. The minimum atomic E-state index is -0.926. The number of carbonyl (C=O) groups is 2. The first-order chi connectivity index (χ1) is 13.4. The molecule has 0 aliphatic rings. The third-order valence-electron chi connectivity index (χ3n) is 4.45. The van der Waals surface area contributed by atoms with Gasteiger partial charge in [-0.1, -0.05) is 28.1 Å². The zero-order chi connectivity index (χ0) is 20.4. The van der Waals surface area contributed by atoms with Gasteiger partial charge in [0.05, 0.1) is 37.3 Å². The summed E-state index contributed by atoms with van der Waals surface area (Å²) in [5.41, 5.74) is 3.28. The Morgan fingerprint density at radius 1 is 1.07 bits per heavy atom. The number of benzene rings is 2. The number of carbonyl (C=O) groups excluding carboxylic acids is 2. The average molecular weight is 446 g/mol. The standard InChI is InChI=1S/C21H20BrNO5/c1-5-28-21(25)20(24)18-15(27-4)10-14(26-3)17-16(11(2)23-19(17)18)12-6-8-13(22)9-7-12/h6-10,23H,5H2,1-4H3. The number of nitrogens with one attached hydrogen (secondary N) is 1. The van der Waals surface area contributed by atoms with Gasteiger partial charge in [-0.05, 0) is 31.5 Å².